The van der Waals surface area contributed by atoms with Crippen molar-refractivity contribution in [1.29, 1.82) is 0 Å². The number of primary amides is 1. The summed E-state index contributed by atoms with van der Waals surface area (Å²) in [5, 5.41) is 8.74. The molecule has 2 heterocycles. The zero-order chi connectivity index (χ0) is 15.9. The highest BCUT2D eigenvalue weighted by atomic mass is 32.1. The van der Waals surface area contributed by atoms with Crippen LogP contribution in [0, 0.1) is 5.92 Å². The molecule has 2 aromatic rings. The molecule has 1 aliphatic rings. The van der Waals surface area contributed by atoms with Crippen molar-refractivity contribution in [3.8, 4) is 0 Å². The van der Waals surface area contributed by atoms with Crippen molar-refractivity contribution in [3.63, 3.8) is 0 Å². The Bertz CT molecular complexity index is 652. The normalized spacial score (nSPS) is 22.9. The molecule has 0 aliphatic heterocycles. The van der Waals surface area contributed by atoms with E-state index in [1.807, 2.05) is 10.7 Å². The lowest BCUT2D eigenvalue weighted by molar-refractivity contribution is -0.122. The van der Waals surface area contributed by atoms with E-state index in [9.17, 15) is 4.79 Å². The van der Waals surface area contributed by atoms with E-state index in [1.165, 1.54) is 11.3 Å². The molecule has 1 fully saturated rings. The predicted octanol–water partition coefficient (Wildman–Crippen LogP) is 2.54. The Morgan fingerprint density at radius 2 is 2.14 bits per heavy atom. The first-order valence-electron chi connectivity index (χ1n) is 7.77. The van der Waals surface area contributed by atoms with E-state index in [2.05, 4.69) is 36.2 Å². The van der Waals surface area contributed by atoms with Gasteiger partial charge in [0.25, 0.3) is 0 Å². The number of hydrogen-bond donors (Lipinski definition) is 2. The molecule has 0 radical (unpaired) electrons. The molecule has 1 amide bonds. The summed E-state index contributed by atoms with van der Waals surface area (Å²) in [5.74, 6) is -0.316. The van der Waals surface area contributed by atoms with Crippen molar-refractivity contribution in [2.24, 2.45) is 11.7 Å². The van der Waals surface area contributed by atoms with Crippen molar-refractivity contribution in [1.82, 2.24) is 14.6 Å². The first kappa shape index (κ1) is 15.3. The fourth-order valence-corrected chi connectivity index (χ4v) is 3.77. The summed E-state index contributed by atoms with van der Waals surface area (Å²) < 4.78 is 1.82. The minimum absolute atomic E-state index is 0.0153. The van der Waals surface area contributed by atoms with Gasteiger partial charge in [0.15, 0.2) is 0 Å². The lowest BCUT2D eigenvalue weighted by Crippen LogP contribution is -2.40. The zero-order valence-corrected chi connectivity index (χ0v) is 14.1. The van der Waals surface area contributed by atoms with Crippen LogP contribution in [0.1, 0.15) is 52.1 Å². The van der Waals surface area contributed by atoms with E-state index in [4.69, 9.17) is 5.73 Å². The number of rotatable bonds is 3. The van der Waals surface area contributed by atoms with E-state index in [0.717, 1.165) is 41.5 Å². The van der Waals surface area contributed by atoms with E-state index in [0.29, 0.717) is 0 Å². The van der Waals surface area contributed by atoms with Gasteiger partial charge in [0.2, 0.25) is 16.0 Å². The second-order valence-corrected chi connectivity index (χ2v) is 8.01. The maximum absolute atomic E-state index is 11.6. The number of amides is 1. The summed E-state index contributed by atoms with van der Waals surface area (Å²) >= 11 is 1.52. The number of carbonyl (C=O) groups is 1. The smallest absolute Gasteiger partial charge is 0.222 e. The molecule has 0 saturated heterocycles. The lowest BCUT2D eigenvalue weighted by Gasteiger charge is -2.29. The lowest BCUT2D eigenvalue weighted by atomic mass is 9.84. The predicted molar refractivity (Wildman–Crippen MR) is 88.1 cm³/mol. The van der Waals surface area contributed by atoms with Gasteiger partial charge in [-0.3, -0.25) is 4.79 Å². The van der Waals surface area contributed by atoms with Crippen LogP contribution in [0.5, 0.6) is 0 Å². The Kier molecular flexibility index (Phi) is 3.84. The molecule has 2 aromatic heterocycles. The third-order valence-corrected chi connectivity index (χ3v) is 5.11. The van der Waals surface area contributed by atoms with Crippen molar-refractivity contribution < 1.29 is 4.79 Å². The Balaban J connectivity index is 1.79. The fraction of sp³-hybridized carbons (Fsp3) is 0.667. The maximum Gasteiger partial charge on any atom is 0.222 e. The summed E-state index contributed by atoms with van der Waals surface area (Å²) in [4.78, 5) is 17.1. The van der Waals surface area contributed by atoms with Gasteiger partial charge in [0.1, 0.15) is 0 Å². The molecule has 120 valence electrons. The third kappa shape index (κ3) is 2.95. The van der Waals surface area contributed by atoms with Gasteiger partial charge in [-0.15, -0.1) is 5.10 Å². The van der Waals surface area contributed by atoms with Gasteiger partial charge in [0, 0.05) is 11.5 Å². The minimum Gasteiger partial charge on any atom is -0.369 e. The van der Waals surface area contributed by atoms with Crippen molar-refractivity contribution in [3.05, 3.63) is 11.9 Å². The SMILES string of the molecule is CC(C)(C)c1cn2nc(N[C@@H]3CCCC[C@H]3C(N)=O)sc2n1. The van der Waals surface area contributed by atoms with Crippen LogP contribution < -0.4 is 11.1 Å². The van der Waals surface area contributed by atoms with Gasteiger partial charge in [-0.05, 0) is 12.8 Å². The Morgan fingerprint density at radius 1 is 1.41 bits per heavy atom. The highest BCUT2D eigenvalue weighted by molar-refractivity contribution is 7.20. The molecule has 0 bridgehead atoms. The summed E-state index contributed by atoms with van der Waals surface area (Å²) in [6, 6.07) is 0.0872. The maximum atomic E-state index is 11.6. The fourth-order valence-electron chi connectivity index (χ4n) is 2.92. The molecule has 3 rings (SSSR count). The van der Waals surface area contributed by atoms with Gasteiger partial charge in [-0.25, -0.2) is 9.50 Å². The Morgan fingerprint density at radius 3 is 2.77 bits per heavy atom. The summed E-state index contributed by atoms with van der Waals surface area (Å²) in [5.41, 5.74) is 6.57. The number of anilines is 1. The van der Waals surface area contributed by atoms with Crippen molar-refractivity contribution in [2.75, 3.05) is 5.32 Å². The number of hydrogen-bond acceptors (Lipinski definition) is 5. The van der Waals surface area contributed by atoms with Gasteiger partial charge >= 0.3 is 0 Å². The minimum atomic E-state index is -0.214. The number of nitrogens with zero attached hydrogens (tertiary/aromatic N) is 3. The van der Waals surface area contributed by atoms with Crippen LogP contribution in [0.15, 0.2) is 6.20 Å². The molecule has 0 spiro atoms. The quantitative estimate of drug-likeness (QED) is 0.909. The number of carbonyl (C=O) groups excluding carboxylic acids is 1. The average molecular weight is 321 g/mol. The van der Waals surface area contributed by atoms with Gasteiger partial charge in [0.05, 0.1) is 17.8 Å². The average Bonchev–Trinajstić information content (AvgIpc) is 2.96. The van der Waals surface area contributed by atoms with Crippen LogP contribution in [0.3, 0.4) is 0 Å². The van der Waals surface area contributed by atoms with Gasteiger partial charge in [-0.1, -0.05) is 44.9 Å². The van der Waals surface area contributed by atoms with Crippen LogP contribution in [-0.4, -0.2) is 26.5 Å². The molecule has 2 atom stereocenters. The molecular formula is C15H23N5OS. The molecule has 22 heavy (non-hydrogen) atoms. The molecule has 6 nitrogen and oxygen atoms in total. The van der Waals surface area contributed by atoms with E-state index < -0.39 is 0 Å². The Hall–Kier alpha value is -1.63. The molecule has 7 heteroatoms. The van der Waals surface area contributed by atoms with Crippen LogP contribution in [0.2, 0.25) is 0 Å². The molecule has 0 aromatic carbocycles. The van der Waals surface area contributed by atoms with E-state index in [1.54, 1.807) is 0 Å². The van der Waals surface area contributed by atoms with Crippen LogP contribution in [0.4, 0.5) is 5.13 Å². The number of imidazole rings is 1. The summed E-state index contributed by atoms with van der Waals surface area (Å²) in [6.07, 6.45) is 6.00. The molecule has 1 saturated carbocycles. The second kappa shape index (κ2) is 5.53. The second-order valence-electron chi connectivity index (χ2n) is 7.05. The first-order chi connectivity index (χ1) is 10.3. The van der Waals surface area contributed by atoms with Crippen LogP contribution >= 0.6 is 11.3 Å². The van der Waals surface area contributed by atoms with E-state index >= 15 is 0 Å². The van der Waals surface area contributed by atoms with Gasteiger partial charge in [-0.2, -0.15) is 0 Å². The highest BCUT2D eigenvalue weighted by Gasteiger charge is 2.30. The molecular weight excluding hydrogens is 298 g/mol. The van der Waals surface area contributed by atoms with E-state index in [-0.39, 0.29) is 23.3 Å². The Labute approximate surface area is 134 Å². The van der Waals surface area contributed by atoms with Crippen molar-refractivity contribution >= 4 is 27.3 Å². The number of nitrogens with two attached hydrogens (primary N) is 1. The number of nitrogens with one attached hydrogen (secondary N) is 1. The van der Waals surface area contributed by atoms with Gasteiger partial charge < -0.3 is 11.1 Å². The highest BCUT2D eigenvalue weighted by Crippen LogP contribution is 2.30. The molecule has 0 unspecified atom stereocenters. The largest absolute Gasteiger partial charge is 0.369 e. The standard InChI is InChI=1S/C15H23N5OS/c1-15(2,3)11-8-20-14(18-11)22-13(19-20)17-10-7-5-4-6-9(10)12(16)21/h8-10H,4-7H2,1-3H3,(H2,16,21)(H,17,19)/t9-,10-/m1/s1. The summed E-state index contributed by atoms with van der Waals surface area (Å²) in [6.45, 7) is 6.41. The zero-order valence-electron chi connectivity index (χ0n) is 13.3. The van der Waals surface area contributed by atoms with Crippen molar-refractivity contribution in [2.45, 2.75) is 57.9 Å². The summed E-state index contributed by atoms with van der Waals surface area (Å²) in [7, 11) is 0. The third-order valence-electron chi connectivity index (χ3n) is 4.25. The number of aromatic nitrogens is 3. The monoisotopic (exact) mass is 321 g/mol. The van der Waals surface area contributed by atoms with Crippen LogP contribution in [-0.2, 0) is 10.2 Å². The number of fused-ring (bicyclic) bond motifs is 1. The molecule has 3 N–H and O–H groups in total. The van der Waals surface area contributed by atoms with Crippen LogP contribution in [0.25, 0.3) is 4.96 Å². The molecule has 1 aliphatic carbocycles. The topological polar surface area (TPSA) is 85.3 Å². The first-order valence-corrected chi connectivity index (χ1v) is 8.59.